The Labute approximate surface area is 229 Å². The molecule has 200 valence electrons. The van der Waals surface area contributed by atoms with Gasteiger partial charge in [-0.1, -0.05) is 41.4 Å². The smallest absolute Gasteiger partial charge is 0.349 e. The lowest BCUT2D eigenvalue weighted by atomic mass is 9.97. The minimum Gasteiger partial charge on any atom is -0.479 e. The predicted molar refractivity (Wildman–Crippen MR) is 148 cm³/mol. The summed E-state index contributed by atoms with van der Waals surface area (Å²) in [5.41, 5.74) is 3.46. The van der Waals surface area contributed by atoms with E-state index < -0.39 is 18.5 Å². The number of halogens is 1. The lowest BCUT2D eigenvalue weighted by molar-refractivity contribution is -0.139. The number of amides is 2. The summed E-state index contributed by atoms with van der Waals surface area (Å²) in [5, 5.41) is 24.9. The summed E-state index contributed by atoms with van der Waals surface area (Å²) in [6, 6.07) is 15.1. The number of likely N-dealkylation sites (tertiary alicyclic amines) is 1. The van der Waals surface area contributed by atoms with E-state index >= 15 is 0 Å². The van der Waals surface area contributed by atoms with E-state index in [4.69, 9.17) is 21.4 Å². The number of ether oxygens (including phenoxy) is 1. The number of carboxylic acid groups (broad SMARTS) is 2. The molecule has 0 atom stereocenters. The molecule has 0 aliphatic carbocycles. The third-order valence-electron chi connectivity index (χ3n) is 6.27. The van der Waals surface area contributed by atoms with Crippen molar-refractivity contribution in [3.8, 4) is 16.2 Å². The van der Waals surface area contributed by atoms with Gasteiger partial charge in [-0.25, -0.2) is 14.4 Å². The van der Waals surface area contributed by atoms with Crippen LogP contribution in [0.3, 0.4) is 0 Å². The number of hydrogen-bond acceptors (Lipinski definition) is 6. The Morgan fingerprint density at radius 3 is 2.45 bits per heavy atom. The minimum atomic E-state index is -1.24. The Balaban J connectivity index is 1.34. The van der Waals surface area contributed by atoms with Crippen molar-refractivity contribution in [2.45, 2.75) is 19.8 Å². The topological polar surface area (TPSA) is 128 Å². The molecule has 4 N–H and O–H groups in total. The molecule has 11 heteroatoms. The maximum atomic E-state index is 12.6. The molecular formula is C27H28ClN3O6S. The minimum absolute atomic E-state index is 0.0714. The van der Waals surface area contributed by atoms with Gasteiger partial charge in [-0.2, -0.15) is 0 Å². The Morgan fingerprint density at radius 1 is 1.08 bits per heavy atom. The SMILES string of the molecule is Cc1ccc(NC(=O)N2CCC(CNc3cccc(-c4sc(C(=O)O)c(OCC(=O)O)c4Cl)c3)CC2)cc1. The molecule has 2 amide bonds. The third-order valence-corrected chi connectivity index (χ3v) is 7.95. The largest absolute Gasteiger partial charge is 0.479 e. The van der Waals surface area contributed by atoms with Crippen molar-refractivity contribution in [1.29, 1.82) is 0 Å². The van der Waals surface area contributed by atoms with Gasteiger partial charge in [0.05, 0.1) is 4.88 Å². The number of rotatable bonds is 9. The highest BCUT2D eigenvalue weighted by Crippen LogP contribution is 2.45. The van der Waals surface area contributed by atoms with Crippen LogP contribution in [0.15, 0.2) is 48.5 Å². The van der Waals surface area contributed by atoms with Gasteiger partial charge in [0.1, 0.15) is 5.02 Å². The fraction of sp³-hybridized carbons (Fsp3) is 0.296. The number of aromatic carboxylic acids is 1. The van der Waals surface area contributed by atoms with Crippen molar-refractivity contribution < 1.29 is 29.3 Å². The van der Waals surface area contributed by atoms with Crippen LogP contribution in [-0.4, -0.2) is 59.3 Å². The molecule has 0 spiro atoms. The molecule has 1 aliphatic heterocycles. The van der Waals surface area contributed by atoms with E-state index in [0.717, 1.165) is 47.7 Å². The van der Waals surface area contributed by atoms with Crippen molar-refractivity contribution in [1.82, 2.24) is 4.90 Å². The number of benzene rings is 2. The van der Waals surface area contributed by atoms with Crippen LogP contribution in [0.2, 0.25) is 5.02 Å². The number of nitrogens with one attached hydrogen (secondary N) is 2. The van der Waals surface area contributed by atoms with Crippen LogP contribution in [0.5, 0.6) is 5.75 Å². The van der Waals surface area contributed by atoms with Gasteiger partial charge < -0.3 is 30.5 Å². The molecule has 9 nitrogen and oxygen atoms in total. The normalized spacial score (nSPS) is 13.7. The maximum absolute atomic E-state index is 12.6. The molecule has 1 saturated heterocycles. The zero-order chi connectivity index (χ0) is 27.2. The van der Waals surface area contributed by atoms with E-state index in [1.54, 1.807) is 6.07 Å². The first-order valence-electron chi connectivity index (χ1n) is 12.1. The van der Waals surface area contributed by atoms with Crippen molar-refractivity contribution >= 4 is 52.3 Å². The van der Waals surface area contributed by atoms with Crippen LogP contribution in [-0.2, 0) is 4.79 Å². The molecule has 3 aromatic rings. The summed E-state index contributed by atoms with van der Waals surface area (Å²) < 4.78 is 5.16. The van der Waals surface area contributed by atoms with Crippen molar-refractivity contribution in [2.75, 3.05) is 36.9 Å². The zero-order valence-electron chi connectivity index (χ0n) is 20.7. The van der Waals surface area contributed by atoms with Crippen LogP contribution in [0.25, 0.3) is 10.4 Å². The number of urea groups is 1. The molecule has 0 saturated carbocycles. The number of aliphatic carboxylic acids is 1. The van der Waals surface area contributed by atoms with Crippen molar-refractivity contribution in [2.24, 2.45) is 5.92 Å². The molecule has 4 rings (SSSR count). The van der Waals surface area contributed by atoms with Gasteiger partial charge >= 0.3 is 18.0 Å². The number of piperidine rings is 1. The van der Waals surface area contributed by atoms with Gasteiger partial charge in [-0.3, -0.25) is 0 Å². The summed E-state index contributed by atoms with van der Waals surface area (Å²) in [6.45, 7) is 3.38. The Morgan fingerprint density at radius 2 is 1.79 bits per heavy atom. The second-order valence-corrected chi connectivity index (χ2v) is 10.5. The first-order valence-corrected chi connectivity index (χ1v) is 13.3. The average Bonchev–Trinajstić information content (AvgIpc) is 3.24. The fourth-order valence-electron chi connectivity index (χ4n) is 4.20. The molecule has 1 fully saturated rings. The second kappa shape index (κ2) is 12.2. The van der Waals surface area contributed by atoms with Gasteiger partial charge in [0, 0.05) is 31.0 Å². The molecule has 1 aromatic heterocycles. The van der Waals surface area contributed by atoms with Gasteiger partial charge in [-0.05, 0) is 55.5 Å². The number of hydrogen-bond donors (Lipinski definition) is 4. The summed E-state index contributed by atoms with van der Waals surface area (Å²) in [4.78, 5) is 37.3. The number of aryl methyl sites for hydroxylation is 1. The summed E-state index contributed by atoms with van der Waals surface area (Å²) in [7, 11) is 0. The predicted octanol–water partition coefficient (Wildman–Crippen LogP) is 5.89. The highest BCUT2D eigenvalue weighted by atomic mass is 35.5. The van der Waals surface area contributed by atoms with Crippen LogP contribution in [0, 0.1) is 12.8 Å². The number of carbonyl (C=O) groups excluding carboxylic acids is 1. The molecule has 0 unspecified atom stereocenters. The van der Waals surface area contributed by atoms with E-state index in [1.807, 2.05) is 54.3 Å². The highest BCUT2D eigenvalue weighted by molar-refractivity contribution is 7.18. The monoisotopic (exact) mass is 557 g/mol. The van der Waals surface area contributed by atoms with Crippen LogP contribution >= 0.6 is 22.9 Å². The number of carboxylic acids is 2. The molecule has 2 aromatic carbocycles. The maximum Gasteiger partial charge on any atom is 0.349 e. The highest BCUT2D eigenvalue weighted by Gasteiger charge is 2.25. The first-order chi connectivity index (χ1) is 18.2. The molecule has 0 radical (unpaired) electrons. The summed E-state index contributed by atoms with van der Waals surface area (Å²) in [5.74, 6) is -2.22. The zero-order valence-corrected chi connectivity index (χ0v) is 22.3. The second-order valence-electron chi connectivity index (χ2n) is 9.08. The fourth-order valence-corrected chi connectivity index (χ4v) is 5.60. The lowest BCUT2D eigenvalue weighted by Gasteiger charge is -2.32. The molecule has 1 aliphatic rings. The summed E-state index contributed by atoms with van der Waals surface area (Å²) in [6.07, 6.45) is 1.74. The first kappa shape index (κ1) is 27.3. The number of nitrogens with zero attached hydrogens (tertiary/aromatic N) is 1. The van der Waals surface area contributed by atoms with Gasteiger partial charge in [0.2, 0.25) is 0 Å². The Kier molecular flexibility index (Phi) is 8.75. The van der Waals surface area contributed by atoms with E-state index in [2.05, 4.69) is 10.6 Å². The standard InChI is InChI=1S/C27H28ClN3O6S/c1-16-5-7-19(8-6-16)30-27(36)31-11-9-17(10-12-31)14-29-20-4-2-3-18(13-20)24-22(28)23(37-15-21(32)33)25(38-24)26(34)35/h2-8,13,17,29H,9-12,14-15H2,1H3,(H,30,36)(H,32,33)(H,34,35). The number of carbonyl (C=O) groups is 3. The molecule has 0 bridgehead atoms. The Bertz CT molecular complexity index is 1320. The molecule has 2 heterocycles. The van der Waals surface area contributed by atoms with Crippen molar-refractivity contribution in [3.63, 3.8) is 0 Å². The van der Waals surface area contributed by atoms with Gasteiger partial charge in [0.25, 0.3) is 0 Å². The number of thiophene rings is 1. The average molecular weight is 558 g/mol. The Hall–Kier alpha value is -3.76. The third kappa shape index (κ3) is 6.76. The van der Waals surface area contributed by atoms with Crippen LogP contribution in [0.4, 0.5) is 16.2 Å². The lowest BCUT2D eigenvalue weighted by Crippen LogP contribution is -2.42. The molecular weight excluding hydrogens is 530 g/mol. The van der Waals surface area contributed by atoms with Gasteiger partial charge in [-0.15, -0.1) is 11.3 Å². The quantitative estimate of drug-likeness (QED) is 0.258. The summed E-state index contributed by atoms with van der Waals surface area (Å²) >= 11 is 7.35. The van der Waals surface area contributed by atoms with E-state index in [0.29, 0.717) is 29.4 Å². The number of anilines is 2. The van der Waals surface area contributed by atoms with Crippen LogP contribution in [0.1, 0.15) is 28.1 Å². The van der Waals surface area contributed by atoms with E-state index in [1.165, 1.54) is 0 Å². The van der Waals surface area contributed by atoms with Crippen LogP contribution < -0.4 is 15.4 Å². The van der Waals surface area contributed by atoms with E-state index in [-0.39, 0.29) is 21.7 Å². The molecule has 38 heavy (non-hydrogen) atoms. The van der Waals surface area contributed by atoms with Gasteiger partial charge in [0.15, 0.2) is 17.2 Å². The van der Waals surface area contributed by atoms with Crippen molar-refractivity contribution in [3.05, 3.63) is 64.0 Å². The van der Waals surface area contributed by atoms with E-state index in [9.17, 15) is 19.5 Å².